The molecule has 92 valence electrons. The maximum absolute atomic E-state index is 11.8. The van der Waals surface area contributed by atoms with Crippen molar-refractivity contribution in [3.05, 3.63) is 54.0 Å². The van der Waals surface area contributed by atoms with Gasteiger partial charge in [-0.3, -0.25) is 9.78 Å². The van der Waals surface area contributed by atoms with E-state index in [1.165, 1.54) is 0 Å². The van der Waals surface area contributed by atoms with E-state index in [1.807, 2.05) is 6.07 Å². The second-order valence-corrected chi connectivity index (χ2v) is 3.57. The number of ether oxygens (including phenoxy) is 1. The minimum absolute atomic E-state index is 0.221. The summed E-state index contributed by atoms with van der Waals surface area (Å²) in [6.45, 7) is 0.354. The number of methoxy groups -OCH3 is 1. The van der Waals surface area contributed by atoms with Gasteiger partial charge in [-0.15, -0.1) is 0 Å². The predicted molar refractivity (Wildman–Crippen MR) is 66.2 cm³/mol. The Hall–Kier alpha value is -2.43. The van der Waals surface area contributed by atoms with E-state index >= 15 is 0 Å². The van der Waals surface area contributed by atoms with E-state index in [4.69, 9.17) is 4.74 Å². The number of hydrogen-bond donors (Lipinski definition) is 1. The Bertz CT molecular complexity index is 529. The first-order chi connectivity index (χ1) is 8.81. The molecule has 5 nitrogen and oxygen atoms in total. The summed E-state index contributed by atoms with van der Waals surface area (Å²) in [4.78, 5) is 19.8. The minimum atomic E-state index is -0.221. The lowest BCUT2D eigenvalue weighted by Gasteiger charge is -2.07. The molecule has 0 aliphatic carbocycles. The molecular formula is C13H13N3O2. The molecule has 0 radical (unpaired) electrons. The van der Waals surface area contributed by atoms with Crippen LogP contribution in [0.4, 0.5) is 0 Å². The van der Waals surface area contributed by atoms with Gasteiger partial charge in [0.1, 0.15) is 5.69 Å². The molecule has 0 aliphatic rings. The number of pyridine rings is 2. The minimum Gasteiger partial charge on any atom is -0.481 e. The van der Waals surface area contributed by atoms with Gasteiger partial charge >= 0.3 is 0 Å². The highest BCUT2D eigenvalue weighted by Crippen LogP contribution is 2.12. The van der Waals surface area contributed by atoms with Crippen LogP contribution in [0.15, 0.2) is 42.7 Å². The Labute approximate surface area is 105 Å². The highest BCUT2D eigenvalue weighted by molar-refractivity contribution is 5.92. The zero-order valence-corrected chi connectivity index (χ0v) is 9.96. The van der Waals surface area contributed by atoms with Crippen molar-refractivity contribution in [2.75, 3.05) is 7.11 Å². The normalized spacial score (nSPS) is 9.83. The average molecular weight is 243 g/mol. The van der Waals surface area contributed by atoms with E-state index in [0.717, 1.165) is 5.56 Å². The lowest BCUT2D eigenvalue weighted by atomic mass is 10.2. The number of nitrogens with zero attached hydrogens (tertiary/aromatic N) is 2. The monoisotopic (exact) mass is 243 g/mol. The molecule has 0 bridgehead atoms. The predicted octanol–water partition coefficient (Wildman–Crippen LogP) is 1.42. The van der Waals surface area contributed by atoms with Crippen LogP contribution in [-0.4, -0.2) is 23.0 Å². The quantitative estimate of drug-likeness (QED) is 0.882. The van der Waals surface area contributed by atoms with Gasteiger partial charge in [0.2, 0.25) is 5.88 Å². The number of carbonyl (C=O) groups excluding carboxylic acids is 1. The topological polar surface area (TPSA) is 64.1 Å². The number of carbonyl (C=O) groups is 1. The molecule has 0 fully saturated rings. The highest BCUT2D eigenvalue weighted by Gasteiger charge is 2.08. The van der Waals surface area contributed by atoms with Crippen LogP contribution in [0, 0.1) is 0 Å². The largest absolute Gasteiger partial charge is 0.481 e. The molecule has 0 aliphatic heterocycles. The lowest BCUT2D eigenvalue weighted by Crippen LogP contribution is -2.24. The number of rotatable bonds is 4. The van der Waals surface area contributed by atoms with E-state index in [-0.39, 0.29) is 5.91 Å². The first-order valence-electron chi connectivity index (χ1n) is 5.48. The summed E-state index contributed by atoms with van der Waals surface area (Å²) in [6, 6.07) is 8.85. The number of aromatic nitrogens is 2. The Morgan fingerprint density at radius 1 is 1.22 bits per heavy atom. The van der Waals surface area contributed by atoms with Gasteiger partial charge in [-0.25, -0.2) is 4.98 Å². The lowest BCUT2D eigenvalue weighted by molar-refractivity contribution is 0.0945. The van der Waals surface area contributed by atoms with Crippen LogP contribution in [0.5, 0.6) is 5.88 Å². The maximum Gasteiger partial charge on any atom is 0.270 e. The maximum atomic E-state index is 11.8. The summed E-state index contributed by atoms with van der Waals surface area (Å²) >= 11 is 0. The van der Waals surface area contributed by atoms with Crippen molar-refractivity contribution in [1.82, 2.24) is 15.3 Å². The third-order valence-corrected chi connectivity index (χ3v) is 2.38. The molecule has 0 unspecified atom stereocenters. The number of hydrogen-bond acceptors (Lipinski definition) is 4. The van der Waals surface area contributed by atoms with Gasteiger partial charge in [-0.1, -0.05) is 12.1 Å². The van der Waals surface area contributed by atoms with Crippen LogP contribution in [0.25, 0.3) is 0 Å². The van der Waals surface area contributed by atoms with Crippen molar-refractivity contribution >= 4 is 5.91 Å². The SMILES string of the molecule is COc1ncccc1CNC(=O)c1ccccn1. The van der Waals surface area contributed by atoms with E-state index < -0.39 is 0 Å². The van der Waals surface area contributed by atoms with Gasteiger partial charge in [0.25, 0.3) is 5.91 Å². The van der Waals surface area contributed by atoms with Crippen molar-refractivity contribution in [1.29, 1.82) is 0 Å². The molecular weight excluding hydrogens is 230 g/mol. The second-order valence-electron chi connectivity index (χ2n) is 3.57. The fourth-order valence-electron chi connectivity index (χ4n) is 1.51. The smallest absolute Gasteiger partial charge is 0.270 e. The van der Waals surface area contributed by atoms with Crippen LogP contribution in [-0.2, 0) is 6.54 Å². The molecule has 2 rings (SSSR count). The van der Waals surface area contributed by atoms with Crippen LogP contribution in [0.1, 0.15) is 16.1 Å². The Balaban J connectivity index is 2.02. The molecule has 0 saturated heterocycles. The van der Waals surface area contributed by atoms with Crippen molar-refractivity contribution < 1.29 is 9.53 Å². The van der Waals surface area contributed by atoms with E-state index in [2.05, 4.69) is 15.3 Å². The summed E-state index contributed by atoms with van der Waals surface area (Å²) in [5.41, 5.74) is 1.21. The molecule has 1 amide bonds. The van der Waals surface area contributed by atoms with Gasteiger partial charge in [0.15, 0.2) is 0 Å². The molecule has 5 heteroatoms. The van der Waals surface area contributed by atoms with E-state index in [1.54, 1.807) is 43.8 Å². The van der Waals surface area contributed by atoms with Gasteiger partial charge in [0, 0.05) is 24.5 Å². The van der Waals surface area contributed by atoms with Gasteiger partial charge < -0.3 is 10.1 Å². The van der Waals surface area contributed by atoms with Crippen LogP contribution in [0.3, 0.4) is 0 Å². The molecule has 0 aromatic carbocycles. The molecule has 0 atom stereocenters. The zero-order valence-electron chi connectivity index (χ0n) is 9.96. The summed E-state index contributed by atoms with van der Waals surface area (Å²) < 4.78 is 5.11. The van der Waals surface area contributed by atoms with Crippen LogP contribution in [0.2, 0.25) is 0 Å². The highest BCUT2D eigenvalue weighted by atomic mass is 16.5. The third-order valence-electron chi connectivity index (χ3n) is 2.38. The standard InChI is InChI=1S/C13H13N3O2/c1-18-13-10(5-4-8-15-13)9-16-12(17)11-6-2-3-7-14-11/h2-8H,9H2,1H3,(H,16,17). The summed E-state index contributed by atoms with van der Waals surface area (Å²) in [7, 11) is 1.55. The number of amides is 1. The summed E-state index contributed by atoms with van der Waals surface area (Å²) in [6.07, 6.45) is 3.22. The van der Waals surface area contributed by atoms with Crippen molar-refractivity contribution in [3.8, 4) is 5.88 Å². The van der Waals surface area contributed by atoms with E-state index in [9.17, 15) is 4.79 Å². The molecule has 0 spiro atoms. The van der Waals surface area contributed by atoms with Crippen molar-refractivity contribution in [3.63, 3.8) is 0 Å². The molecule has 2 aromatic heterocycles. The summed E-state index contributed by atoms with van der Waals surface area (Å²) in [5, 5.41) is 2.77. The molecule has 2 aromatic rings. The molecule has 2 heterocycles. The molecule has 0 saturated carbocycles. The Morgan fingerprint density at radius 2 is 2.06 bits per heavy atom. The van der Waals surface area contributed by atoms with Gasteiger partial charge in [-0.05, 0) is 18.2 Å². The fourth-order valence-corrected chi connectivity index (χ4v) is 1.51. The van der Waals surface area contributed by atoms with Crippen LogP contribution < -0.4 is 10.1 Å². The van der Waals surface area contributed by atoms with Crippen molar-refractivity contribution in [2.24, 2.45) is 0 Å². The third kappa shape index (κ3) is 2.82. The van der Waals surface area contributed by atoms with E-state index in [0.29, 0.717) is 18.1 Å². The second kappa shape index (κ2) is 5.77. The average Bonchev–Trinajstić information content (AvgIpc) is 2.46. The van der Waals surface area contributed by atoms with Crippen molar-refractivity contribution in [2.45, 2.75) is 6.54 Å². The first-order valence-corrected chi connectivity index (χ1v) is 5.48. The Morgan fingerprint density at radius 3 is 2.78 bits per heavy atom. The molecule has 18 heavy (non-hydrogen) atoms. The van der Waals surface area contributed by atoms with Crippen LogP contribution >= 0.6 is 0 Å². The molecule has 1 N–H and O–H groups in total. The summed E-state index contributed by atoms with van der Waals surface area (Å²) in [5.74, 6) is 0.292. The van der Waals surface area contributed by atoms with Gasteiger partial charge in [0.05, 0.1) is 7.11 Å². The van der Waals surface area contributed by atoms with Gasteiger partial charge in [-0.2, -0.15) is 0 Å². The Kier molecular flexibility index (Phi) is 3.86. The fraction of sp³-hybridized carbons (Fsp3) is 0.154. The number of nitrogens with one attached hydrogen (secondary N) is 1. The first kappa shape index (κ1) is 12.0. The zero-order chi connectivity index (χ0) is 12.8.